The molecule has 0 bridgehead atoms. The monoisotopic (exact) mass is 356 g/mol. The third-order valence-corrected chi connectivity index (χ3v) is 4.81. The van der Waals surface area contributed by atoms with E-state index in [-0.39, 0.29) is 23.8 Å². The molecule has 3 heterocycles. The fourth-order valence-corrected chi connectivity index (χ4v) is 3.64. The molecule has 0 aromatic heterocycles. The Labute approximate surface area is 150 Å². The van der Waals surface area contributed by atoms with Gasteiger partial charge in [-0.25, -0.2) is 0 Å². The lowest BCUT2D eigenvalue weighted by Crippen LogP contribution is -2.52. The Morgan fingerprint density at radius 3 is 2.77 bits per heavy atom. The SMILES string of the molecule is CC1(C)C=C(COc2cccc3c2CN(C2CCC(=O)NC2=O)C3=O)O1. The van der Waals surface area contributed by atoms with Crippen molar-refractivity contribution < 1.29 is 23.9 Å². The van der Waals surface area contributed by atoms with Crippen molar-refractivity contribution in [3.05, 3.63) is 41.2 Å². The van der Waals surface area contributed by atoms with Crippen LogP contribution in [0.2, 0.25) is 0 Å². The highest BCUT2D eigenvalue weighted by atomic mass is 16.6. The minimum atomic E-state index is -0.626. The molecule has 1 saturated heterocycles. The van der Waals surface area contributed by atoms with Crippen LogP contribution in [0, 0.1) is 0 Å². The number of carbonyl (C=O) groups is 3. The minimum absolute atomic E-state index is 0.208. The van der Waals surface area contributed by atoms with Crippen LogP contribution in [-0.4, -0.2) is 40.9 Å². The van der Waals surface area contributed by atoms with E-state index >= 15 is 0 Å². The van der Waals surface area contributed by atoms with Gasteiger partial charge in [0.1, 0.15) is 29.8 Å². The van der Waals surface area contributed by atoms with Crippen LogP contribution in [0.15, 0.2) is 30.0 Å². The van der Waals surface area contributed by atoms with Crippen molar-refractivity contribution in [3.63, 3.8) is 0 Å². The van der Waals surface area contributed by atoms with E-state index in [0.29, 0.717) is 30.9 Å². The molecule has 1 atom stereocenters. The summed E-state index contributed by atoms with van der Waals surface area (Å²) in [6.45, 7) is 4.52. The van der Waals surface area contributed by atoms with Gasteiger partial charge in [-0.15, -0.1) is 0 Å². The second kappa shape index (κ2) is 5.86. The van der Waals surface area contributed by atoms with Crippen molar-refractivity contribution in [2.75, 3.05) is 6.61 Å². The molecule has 0 saturated carbocycles. The third kappa shape index (κ3) is 2.83. The Morgan fingerprint density at radius 2 is 2.08 bits per heavy atom. The molecular weight excluding hydrogens is 336 g/mol. The van der Waals surface area contributed by atoms with Gasteiger partial charge in [0.25, 0.3) is 5.91 Å². The fourth-order valence-electron chi connectivity index (χ4n) is 3.64. The van der Waals surface area contributed by atoms with E-state index in [1.54, 1.807) is 12.1 Å². The number of nitrogens with zero attached hydrogens (tertiary/aromatic N) is 1. The van der Waals surface area contributed by atoms with Gasteiger partial charge in [0.15, 0.2) is 0 Å². The number of hydrogen-bond acceptors (Lipinski definition) is 5. The molecule has 3 amide bonds. The van der Waals surface area contributed by atoms with Gasteiger partial charge in [0, 0.05) is 17.5 Å². The van der Waals surface area contributed by atoms with E-state index in [9.17, 15) is 14.4 Å². The van der Waals surface area contributed by atoms with Crippen LogP contribution in [0.25, 0.3) is 0 Å². The molecule has 7 heteroatoms. The van der Waals surface area contributed by atoms with Gasteiger partial charge in [-0.2, -0.15) is 0 Å². The van der Waals surface area contributed by atoms with Gasteiger partial charge in [-0.3, -0.25) is 19.7 Å². The van der Waals surface area contributed by atoms with Crippen LogP contribution in [0.4, 0.5) is 0 Å². The van der Waals surface area contributed by atoms with Crippen LogP contribution in [-0.2, 0) is 20.9 Å². The van der Waals surface area contributed by atoms with Crippen molar-refractivity contribution >= 4 is 17.7 Å². The average molecular weight is 356 g/mol. The number of rotatable bonds is 4. The minimum Gasteiger partial charge on any atom is -0.485 e. The Kier molecular flexibility index (Phi) is 3.75. The van der Waals surface area contributed by atoms with E-state index in [0.717, 1.165) is 11.3 Å². The number of nitrogens with one attached hydrogen (secondary N) is 1. The Balaban J connectivity index is 1.51. The zero-order chi connectivity index (χ0) is 18.5. The highest BCUT2D eigenvalue weighted by molar-refractivity contribution is 6.05. The number of carbonyl (C=O) groups excluding carboxylic acids is 3. The molecule has 1 unspecified atom stereocenters. The normalized spacial score (nSPS) is 23.6. The first-order valence-electron chi connectivity index (χ1n) is 8.64. The molecule has 136 valence electrons. The lowest BCUT2D eigenvalue weighted by atomic mass is 10.0. The molecule has 1 N–H and O–H groups in total. The molecular formula is C19H20N2O5. The molecule has 26 heavy (non-hydrogen) atoms. The maximum absolute atomic E-state index is 12.7. The zero-order valence-corrected chi connectivity index (χ0v) is 14.7. The molecule has 0 spiro atoms. The Morgan fingerprint density at radius 1 is 1.31 bits per heavy atom. The summed E-state index contributed by atoms with van der Waals surface area (Å²) in [4.78, 5) is 37.7. The van der Waals surface area contributed by atoms with Crippen molar-refractivity contribution in [3.8, 4) is 5.75 Å². The van der Waals surface area contributed by atoms with Gasteiger partial charge >= 0.3 is 0 Å². The molecule has 0 radical (unpaired) electrons. The van der Waals surface area contributed by atoms with Crippen LogP contribution in [0.3, 0.4) is 0 Å². The topological polar surface area (TPSA) is 84.9 Å². The number of benzene rings is 1. The van der Waals surface area contributed by atoms with E-state index in [4.69, 9.17) is 9.47 Å². The summed E-state index contributed by atoms with van der Waals surface area (Å²) >= 11 is 0. The predicted octanol–water partition coefficient (Wildman–Crippen LogP) is 1.52. The summed E-state index contributed by atoms with van der Waals surface area (Å²) in [5.74, 6) is 0.454. The summed E-state index contributed by atoms with van der Waals surface area (Å²) in [6.07, 6.45) is 2.58. The fraction of sp³-hybridized carbons (Fsp3) is 0.421. The molecule has 3 aliphatic heterocycles. The van der Waals surface area contributed by atoms with Crippen LogP contribution in [0.5, 0.6) is 5.75 Å². The molecule has 0 aliphatic carbocycles. The first-order chi connectivity index (χ1) is 12.3. The summed E-state index contributed by atoms with van der Waals surface area (Å²) in [6, 6.07) is 4.68. The van der Waals surface area contributed by atoms with E-state index in [1.165, 1.54) is 4.90 Å². The van der Waals surface area contributed by atoms with Gasteiger partial charge in [-0.05, 0) is 38.5 Å². The summed E-state index contributed by atoms with van der Waals surface area (Å²) < 4.78 is 11.5. The largest absolute Gasteiger partial charge is 0.485 e. The Bertz CT molecular complexity index is 842. The van der Waals surface area contributed by atoms with Crippen LogP contribution in [0.1, 0.15) is 42.6 Å². The first-order valence-corrected chi connectivity index (χ1v) is 8.64. The van der Waals surface area contributed by atoms with E-state index in [1.807, 2.05) is 26.0 Å². The first kappa shape index (κ1) is 16.6. The maximum Gasteiger partial charge on any atom is 0.255 e. The number of imide groups is 1. The van der Waals surface area contributed by atoms with Crippen LogP contribution < -0.4 is 10.1 Å². The van der Waals surface area contributed by atoms with E-state index in [2.05, 4.69) is 5.32 Å². The molecule has 3 aliphatic rings. The standard InChI is InChI=1S/C19H20N2O5/c1-19(2)8-11(26-19)10-25-15-5-3-4-12-13(15)9-21(18(12)24)14-6-7-16(22)20-17(14)23/h3-5,8,14H,6-7,9-10H2,1-2H3,(H,20,22,23). The molecule has 1 aromatic carbocycles. The number of amides is 3. The molecule has 1 fully saturated rings. The number of piperidine rings is 1. The quantitative estimate of drug-likeness (QED) is 0.827. The van der Waals surface area contributed by atoms with Crippen molar-refractivity contribution in [2.24, 2.45) is 0 Å². The number of ether oxygens (including phenoxy) is 2. The third-order valence-electron chi connectivity index (χ3n) is 4.81. The maximum atomic E-state index is 12.7. The van der Waals surface area contributed by atoms with Gasteiger partial charge in [-0.1, -0.05) is 6.07 Å². The van der Waals surface area contributed by atoms with Crippen molar-refractivity contribution in [2.45, 2.75) is 44.9 Å². The summed E-state index contributed by atoms with van der Waals surface area (Å²) in [5, 5.41) is 2.30. The number of fused-ring (bicyclic) bond motifs is 1. The zero-order valence-electron chi connectivity index (χ0n) is 14.7. The lowest BCUT2D eigenvalue weighted by Gasteiger charge is -2.34. The second-order valence-electron chi connectivity index (χ2n) is 7.29. The lowest BCUT2D eigenvalue weighted by molar-refractivity contribution is -0.136. The highest BCUT2D eigenvalue weighted by Crippen LogP contribution is 2.35. The van der Waals surface area contributed by atoms with Crippen molar-refractivity contribution in [1.29, 1.82) is 0 Å². The molecule has 4 rings (SSSR count). The average Bonchev–Trinajstić information content (AvgIpc) is 2.88. The van der Waals surface area contributed by atoms with Gasteiger partial charge in [0.2, 0.25) is 11.8 Å². The van der Waals surface area contributed by atoms with Crippen LogP contribution >= 0.6 is 0 Å². The molecule has 1 aromatic rings. The van der Waals surface area contributed by atoms with Gasteiger partial charge < -0.3 is 14.4 Å². The predicted molar refractivity (Wildman–Crippen MR) is 91.2 cm³/mol. The smallest absolute Gasteiger partial charge is 0.255 e. The Hall–Kier alpha value is -2.83. The number of hydrogen-bond donors (Lipinski definition) is 1. The highest BCUT2D eigenvalue weighted by Gasteiger charge is 2.40. The van der Waals surface area contributed by atoms with Crippen molar-refractivity contribution in [1.82, 2.24) is 10.2 Å². The molecule has 7 nitrogen and oxygen atoms in total. The second-order valence-corrected chi connectivity index (χ2v) is 7.29. The van der Waals surface area contributed by atoms with E-state index < -0.39 is 11.9 Å². The summed E-state index contributed by atoms with van der Waals surface area (Å²) in [7, 11) is 0. The summed E-state index contributed by atoms with van der Waals surface area (Å²) in [5.41, 5.74) is 1.05. The van der Waals surface area contributed by atoms with Gasteiger partial charge in [0.05, 0.1) is 6.54 Å².